The summed E-state index contributed by atoms with van der Waals surface area (Å²) in [5.41, 5.74) is 0.824. The summed E-state index contributed by atoms with van der Waals surface area (Å²) in [6, 6.07) is 0. The molecule has 2 unspecified atom stereocenters. The molecular formula is C12H20. The second-order valence-electron chi connectivity index (χ2n) is 5.73. The largest absolute Gasteiger partial charge is 0.0591 e. The van der Waals surface area contributed by atoms with E-state index in [1.165, 1.54) is 12.8 Å². The lowest BCUT2D eigenvalue weighted by atomic mass is 9.54. The normalized spacial score (nSPS) is 57.2. The first-order valence-electron chi connectivity index (χ1n) is 5.79. The smallest absolute Gasteiger partial charge is 0.0266 e. The molecule has 3 rings (SSSR count). The maximum absolute atomic E-state index is 2.58. The maximum Gasteiger partial charge on any atom is -0.0266 e. The Balaban J connectivity index is 1.87. The standard InChI is InChI=1S/C12H20/c1-12-8-9-4-2-3-5-10(12)7-11(12)6-9/h9-11H,2-8H2,1H3/t9?,10?,11-,12-/m0/s1. The number of hydrogen-bond acceptors (Lipinski definition) is 0. The van der Waals surface area contributed by atoms with Crippen LogP contribution >= 0.6 is 0 Å². The summed E-state index contributed by atoms with van der Waals surface area (Å²) < 4.78 is 0. The molecule has 0 nitrogen and oxygen atoms in total. The second-order valence-corrected chi connectivity index (χ2v) is 5.73. The van der Waals surface area contributed by atoms with Gasteiger partial charge in [0, 0.05) is 0 Å². The van der Waals surface area contributed by atoms with Crippen LogP contribution in [0.2, 0.25) is 0 Å². The van der Waals surface area contributed by atoms with Crippen molar-refractivity contribution in [3.8, 4) is 0 Å². The molecule has 3 saturated carbocycles. The molecular weight excluding hydrogens is 144 g/mol. The quantitative estimate of drug-likeness (QED) is 0.513. The van der Waals surface area contributed by atoms with Crippen LogP contribution in [0.4, 0.5) is 0 Å². The Kier molecular flexibility index (Phi) is 1.40. The molecule has 0 aromatic heterocycles. The van der Waals surface area contributed by atoms with Gasteiger partial charge < -0.3 is 0 Å². The van der Waals surface area contributed by atoms with Crippen LogP contribution in [-0.2, 0) is 0 Å². The molecule has 0 spiro atoms. The third kappa shape index (κ3) is 0.791. The second kappa shape index (κ2) is 2.27. The van der Waals surface area contributed by atoms with Crippen LogP contribution in [0.3, 0.4) is 0 Å². The molecule has 68 valence electrons. The first kappa shape index (κ1) is 7.41. The summed E-state index contributed by atoms with van der Waals surface area (Å²) in [6.45, 7) is 2.58. The summed E-state index contributed by atoms with van der Waals surface area (Å²) in [4.78, 5) is 0. The summed E-state index contributed by atoms with van der Waals surface area (Å²) >= 11 is 0. The van der Waals surface area contributed by atoms with Gasteiger partial charge in [-0.3, -0.25) is 0 Å². The molecule has 0 heteroatoms. The topological polar surface area (TPSA) is 0 Å². The van der Waals surface area contributed by atoms with Crippen molar-refractivity contribution < 1.29 is 0 Å². The molecule has 2 bridgehead atoms. The molecule has 3 aliphatic carbocycles. The summed E-state index contributed by atoms with van der Waals surface area (Å²) in [5, 5.41) is 0. The maximum atomic E-state index is 2.58. The Labute approximate surface area is 75.7 Å². The van der Waals surface area contributed by atoms with Crippen LogP contribution in [-0.4, -0.2) is 0 Å². The fourth-order valence-corrected chi connectivity index (χ4v) is 4.35. The summed E-state index contributed by atoms with van der Waals surface area (Å²) in [6.07, 6.45) is 10.9. The van der Waals surface area contributed by atoms with Crippen LogP contribution in [0.5, 0.6) is 0 Å². The van der Waals surface area contributed by atoms with E-state index >= 15 is 0 Å². The Morgan fingerprint density at radius 1 is 1.00 bits per heavy atom. The molecule has 12 heavy (non-hydrogen) atoms. The van der Waals surface area contributed by atoms with Crippen LogP contribution in [0.15, 0.2) is 0 Å². The lowest BCUT2D eigenvalue weighted by molar-refractivity contribution is -0.0178. The summed E-state index contributed by atoms with van der Waals surface area (Å²) in [5.74, 6) is 3.41. The van der Waals surface area contributed by atoms with E-state index in [0.29, 0.717) is 0 Å². The first-order chi connectivity index (χ1) is 5.79. The van der Waals surface area contributed by atoms with Crippen molar-refractivity contribution >= 4 is 0 Å². The van der Waals surface area contributed by atoms with E-state index < -0.39 is 0 Å². The minimum absolute atomic E-state index is 0.824. The minimum Gasteiger partial charge on any atom is -0.0591 e. The molecule has 4 atom stereocenters. The van der Waals surface area contributed by atoms with E-state index in [2.05, 4.69) is 6.92 Å². The van der Waals surface area contributed by atoms with Gasteiger partial charge in [-0.25, -0.2) is 0 Å². The molecule has 0 radical (unpaired) electrons. The zero-order valence-corrected chi connectivity index (χ0v) is 8.18. The third-order valence-corrected chi connectivity index (χ3v) is 5.20. The molecule has 0 N–H and O–H groups in total. The summed E-state index contributed by atoms with van der Waals surface area (Å²) in [7, 11) is 0. The fraction of sp³-hybridized carbons (Fsp3) is 1.00. The van der Waals surface area contributed by atoms with Crippen LogP contribution in [0.1, 0.15) is 51.9 Å². The molecule has 3 fully saturated rings. The van der Waals surface area contributed by atoms with E-state index in [4.69, 9.17) is 0 Å². The Morgan fingerprint density at radius 2 is 1.83 bits per heavy atom. The molecule has 0 aromatic rings. The molecule has 0 aliphatic heterocycles. The lowest BCUT2D eigenvalue weighted by Gasteiger charge is -2.51. The van der Waals surface area contributed by atoms with Crippen molar-refractivity contribution in [3.05, 3.63) is 0 Å². The number of hydrogen-bond donors (Lipinski definition) is 0. The van der Waals surface area contributed by atoms with Crippen molar-refractivity contribution in [3.63, 3.8) is 0 Å². The molecule has 0 amide bonds. The highest BCUT2D eigenvalue weighted by molar-refractivity contribution is 5.06. The number of fused-ring (bicyclic) bond motifs is 1. The average Bonchev–Trinajstić information content (AvgIpc) is 2.36. The lowest BCUT2D eigenvalue weighted by Crippen LogP contribution is -2.43. The Hall–Kier alpha value is 0. The zero-order chi connectivity index (χ0) is 8.18. The number of rotatable bonds is 0. The molecule has 0 aromatic carbocycles. The first-order valence-corrected chi connectivity index (χ1v) is 5.79. The monoisotopic (exact) mass is 164 g/mol. The van der Waals surface area contributed by atoms with Gasteiger partial charge in [-0.05, 0) is 48.9 Å². The third-order valence-electron chi connectivity index (χ3n) is 5.20. The SMILES string of the molecule is C[C@]12CC3CCCCC1C[C@@H]2C3. The Morgan fingerprint density at radius 3 is 2.75 bits per heavy atom. The van der Waals surface area contributed by atoms with Gasteiger partial charge in [0.25, 0.3) is 0 Å². The van der Waals surface area contributed by atoms with Gasteiger partial charge in [-0.1, -0.05) is 26.2 Å². The van der Waals surface area contributed by atoms with Gasteiger partial charge in [0.2, 0.25) is 0 Å². The van der Waals surface area contributed by atoms with Crippen molar-refractivity contribution in [1.82, 2.24) is 0 Å². The predicted octanol–water partition coefficient (Wildman–Crippen LogP) is 3.61. The van der Waals surface area contributed by atoms with E-state index in [-0.39, 0.29) is 0 Å². The van der Waals surface area contributed by atoms with Gasteiger partial charge in [-0.15, -0.1) is 0 Å². The van der Waals surface area contributed by atoms with Gasteiger partial charge in [0.15, 0.2) is 0 Å². The highest BCUT2D eigenvalue weighted by atomic mass is 14.6. The zero-order valence-electron chi connectivity index (χ0n) is 8.18. The van der Waals surface area contributed by atoms with Crippen LogP contribution in [0, 0.1) is 23.2 Å². The minimum atomic E-state index is 0.824. The van der Waals surface area contributed by atoms with Gasteiger partial charge in [0.05, 0.1) is 0 Å². The van der Waals surface area contributed by atoms with Crippen molar-refractivity contribution in [2.75, 3.05) is 0 Å². The van der Waals surface area contributed by atoms with E-state index in [0.717, 1.165) is 23.2 Å². The van der Waals surface area contributed by atoms with Gasteiger partial charge in [0.1, 0.15) is 0 Å². The van der Waals surface area contributed by atoms with Crippen molar-refractivity contribution in [2.45, 2.75) is 51.9 Å². The Bertz CT molecular complexity index is 194. The van der Waals surface area contributed by atoms with Gasteiger partial charge >= 0.3 is 0 Å². The van der Waals surface area contributed by atoms with E-state index in [1.54, 1.807) is 32.1 Å². The molecule has 0 saturated heterocycles. The van der Waals surface area contributed by atoms with Crippen LogP contribution < -0.4 is 0 Å². The van der Waals surface area contributed by atoms with E-state index in [9.17, 15) is 0 Å². The fourth-order valence-electron chi connectivity index (χ4n) is 4.35. The van der Waals surface area contributed by atoms with Crippen molar-refractivity contribution in [2.24, 2.45) is 23.2 Å². The van der Waals surface area contributed by atoms with Gasteiger partial charge in [-0.2, -0.15) is 0 Å². The predicted molar refractivity (Wildman–Crippen MR) is 50.9 cm³/mol. The van der Waals surface area contributed by atoms with Crippen molar-refractivity contribution in [1.29, 1.82) is 0 Å². The molecule has 3 aliphatic rings. The van der Waals surface area contributed by atoms with E-state index in [1.807, 2.05) is 0 Å². The van der Waals surface area contributed by atoms with Crippen LogP contribution in [0.25, 0.3) is 0 Å². The molecule has 0 heterocycles. The average molecular weight is 164 g/mol. The highest BCUT2D eigenvalue weighted by Crippen LogP contribution is 2.65. The highest BCUT2D eigenvalue weighted by Gasteiger charge is 2.56.